The Morgan fingerprint density at radius 3 is 2.77 bits per heavy atom. The first-order chi connectivity index (χ1) is 15.1. The lowest BCUT2D eigenvalue weighted by atomic mass is 9.93. The topological polar surface area (TPSA) is 101 Å². The van der Waals surface area contributed by atoms with E-state index in [2.05, 4.69) is 37.4 Å². The van der Waals surface area contributed by atoms with E-state index in [1.807, 2.05) is 35.4 Å². The minimum Gasteiger partial charge on any atom is -0.383 e. The molecule has 0 atom stereocenters. The Hall–Kier alpha value is -3.20. The van der Waals surface area contributed by atoms with Crippen LogP contribution in [0.4, 0.5) is 10.6 Å². The zero-order chi connectivity index (χ0) is 21.5. The van der Waals surface area contributed by atoms with Crippen molar-refractivity contribution < 1.29 is 4.79 Å². The summed E-state index contributed by atoms with van der Waals surface area (Å²) in [5, 5.41) is 8.23. The zero-order valence-electron chi connectivity index (χ0n) is 17.0. The molecule has 0 aliphatic carbocycles. The lowest BCUT2D eigenvalue weighted by Gasteiger charge is -2.31. The number of urea groups is 1. The summed E-state index contributed by atoms with van der Waals surface area (Å²) in [5.41, 5.74) is 10.8. The summed E-state index contributed by atoms with van der Waals surface area (Å²) < 4.78 is 2.43. The van der Waals surface area contributed by atoms with Gasteiger partial charge < -0.3 is 16.0 Å². The molecule has 4 heterocycles. The van der Waals surface area contributed by atoms with Crippen molar-refractivity contribution in [2.24, 2.45) is 0 Å². The van der Waals surface area contributed by atoms with Crippen molar-refractivity contribution in [3.05, 3.63) is 52.9 Å². The van der Waals surface area contributed by atoms with Gasteiger partial charge in [-0.05, 0) is 40.9 Å². The summed E-state index contributed by atoms with van der Waals surface area (Å²) >= 11 is 3.64. The first-order valence-electron chi connectivity index (χ1n) is 10.2. The molecular formula is C22H22BrN7O. The molecule has 4 aromatic rings. The number of anilines is 1. The van der Waals surface area contributed by atoms with Crippen LogP contribution in [-0.2, 0) is 0 Å². The number of hydrogen-bond donors (Lipinski definition) is 2. The molecule has 0 saturated carbocycles. The maximum absolute atomic E-state index is 11.9. The van der Waals surface area contributed by atoms with Crippen molar-refractivity contribution in [3.63, 3.8) is 0 Å². The van der Waals surface area contributed by atoms with Crippen LogP contribution in [0, 0.1) is 0 Å². The fraction of sp³-hybridized carbons (Fsp3) is 0.273. The molecule has 0 radical (unpaired) electrons. The minimum atomic E-state index is -0.0395. The van der Waals surface area contributed by atoms with E-state index in [1.165, 1.54) is 0 Å². The average molecular weight is 480 g/mol. The number of rotatable bonds is 2. The highest BCUT2D eigenvalue weighted by molar-refractivity contribution is 9.10. The van der Waals surface area contributed by atoms with E-state index in [0.717, 1.165) is 45.0 Å². The quantitative estimate of drug-likeness (QED) is 0.455. The van der Waals surface area contributed by atoms with Crippen molar-refractivity contribution in [1.82, 2.24) is 29.8 Å². The number of piperidine rings is 1. The average Bonchev–Trinajstić information content (AvgIpc) is 3.25. The standard InChI is InChI=1S/C22H22BrN7O/c1-25-22(31)29-8-6-13(7-9-29)19-18(23)20(24)30-21(28-19)16(12-27-30)15-10-14-4-2-3-5-17(14)26-11-15/h2-5,10-13H,6-9,24H2,1H3,(H,25,31). The van der Waals surface area contributed by atoms with Crippen LogP contribution < -0.4 is 11.1 Å². The first-order valence-corrected chi connectivity index (χ1v) is 11.0. The number of nitrogen functional groups attached to an aromatic ring is 1. The molecule has 9 heteroatoms. The molecule has 0 unspecified atom stereocenters. The van der Waals surface area contributed by atoms with Crippen molar-refractivity contribution in [2.45, 2.75) is 18.8 Å². The Morgan fingerprint density at radius 2 is 2.00 bits per heavy atom. The minimum absolute atomic E-state index is 0.0395. The number of pyridine rings is 1. The first kappa shape index (κ1) is 19.7. The maximum atomic E-state index is 11.9. The maximum Gasteiger partial charge on any atom is 0.317 e. The van der Waals surface area contributed by atoms with Crippen LogP contribution in [0.25, 0.3) is 27.7 Å². The van der Waals surface area contributed by atoms with E-state index < -0.39 is 0 Å². The Labute approximate surface area is 187 Å². The predicted molar refractivity (Wildman–Crippen MR) is 124 cm³/mol. The fourth-order valence-electron chi connectivity index (χ4n) is 4.22. The van der Waals surface area contributed by atoms with Gasteiger partial charge in [0.1, 0.15) is 5.82 Å². The van der Waals surface area contributed by atoms with Crippen LogP contribution >= 0.6 is 15.9 Å². The number of halogens is 1. The van der Waals surface area contributed by atoms with Gasteiger partial charge >= 0.3 is 6.03 Å². The molecule has 1 fully saturated rings. The van der Waals surface area contributed by atoms with Crippen LogP contribution in [0.5, 0.6) is 0 Å². The number of amides is 2. The van der Waals surface area contributed by atoms with Crippen molar-refractivity contribution in [3.8, 4) is 11.1 Å². The summed E-state index contributed by atoms with van der Waals surface area (Å²) in [4.78, 5) is 23.3. The molecule has 5 rings (SSSR count). The molecule has 8 nitrogen and oxygen atoms in total. The van der Waals surface area contributed by atoms with Gasteiger partial charge in [-0.2, -0.15) is 9.61 Å². The number of likely N-dealkylation sites (tertiary alicyclic amines) is 1. The number of aromatic nitrogens is 4. The summed E-state index contributed by atoms with van der Waals surface area (Å²) in [6.07, 6.45) is 5.29. The third-order valence-electron chi connectivity index (χ3n) is 5.93. The molecule has 31 heavy (non-hydrogen) atoms. The predicted octanol–water partition coefficient (Wildman–Crippen LogP) is 3.81. The molecule has 1 saturated heterocycles. The number of hydrogen-bond acceptors (Lipinski definition) is 5. The monoisotopic (exact) mass is 479 g/mol. The van der Waals surface area contributed by atoms with Gasteiger partial charge in [-0.15, -0.1) is 0 Å². The highest BCUT2D eigenvalue weighted by atomic mass is 79.9. The van der Waals surface area contributed by atoms with Gasteiger partial charge in [0.25, 0.3) is 0 Å². The Balaban J connectivity index is 1.55. The summed E-state index contributed by atoms with van der Waals surface area (Å²) in [5.74, 6) is 0.730. The van der Waals surface area contributed by atoms with Gasteiger partial charge in [-0.3, -0.25) is 4.98 Å². The number of para-hydroxylation sites is 1. The van der Waals surface area contributed by atoms with Crippen molar-refractivity contribution >= 4 is 44.3 Å². The number of nitrogens with zero attached hydrogens (tertiary/aromatic N) is 5. The van der Waals surface area contributed by atoms with E-state index >= 15 is 0 Å². The number of carbonyl (C=O) groups excluding carboxylic acids is 1. The normalized spacial score (nSPS) is 15.0. The number of fused-ring (bicyclic) bond motifs is 2. The highest BCUT2D eigenvalue weighted by Crippen LogP contribution is 2.37. The number of carbonyl (C=O) groups is 1. The Kier molecular flexibility index (Phi) is 4.97. The Morgan fingerprint density at radius 1 is 1.23 bits per heavy atom. The third-order valence-corrected chi connectivity index (χ3v) is 6.74. The second kappa shape index (κ2) is 7.81. The SMILES string of the molecule is CNC(=O)N1CCC(c2nc3c(-c4cnc5ccccc5c4)cnn3c(N)c2Br)CC1. The summed E-state index contributed by atoms with van der Waals surface area (Å²) in [6.45, 7) is 1.37. The molecule has 3 N–H and O–H groups in total. The second-order valence-electron chi connectivity index (χ2n) is 7.72. The largest absolute Gasteiger partial charge is 0.383 e. The lowest BCUT2D eigenvalue weighted by molar-refractivity contribution is 0.183. The van der Waals surface area contributed by atoms with Gasteiger partial charge in [-0.1, -0.05) is 18.2 Å². The smallest absolute Gasteiger partial charge is 0.317 e. The van der Waals surface area contributed by atoms with Gasteiger partial charge in [-0.25, -0.2) is 9.78 Å². The van der Waals surface area contributed by atoms with Crippen LogP contribution in [0.3, 0.4) is 0 Å². The van der Waals surface area contributed by atoms with Gasteiger partial charge in [0.15, 0.2) is 5.65 Å². The molecule has 3 aromatic heterocycles. The van der Waals surface area contributed by atoms with Crippen LogP contribution in [0.15, 0.2) is 47.2 Å². The molecule has 1 aromatic carbocycles. The molecule has 0 spiro atoms. The second-order valence-corrected chi connectivity index (χ2v) is 8.52. The number of nitrogens with two attached hydrogens (primary N) is 1. The van der Waals surface area contributed by atoms with Crippen molar-refractivity contribution in [1.29, 1.82) is 0 Å². The van der Waals surface area contributed by atoms with E-state index in [-0.39, 0.29) is 11.9 Å². The molecule has 1 aliphatic rings. The third kappa shape index (κ3) is 3.38. The van der Waals surface area contributed by atoms with Gasteiger partial charge in [0, 0.05) is 48.8 Å². The van der Waals surface area contributed by atoms with E-state index in [9.17, 15) is 4.79 Å². The summed E-state index contributed by atoms with van der Waals surface area (Å²) in [7, 11) is 1.66. The number of benzene rings is 1. The van der Waals surface area contributed by atoms with Gasteiger partial charge in [0.05, 0.1) is 21.9 Å². The molecular weight excluding hydrogens is 458 g/mol. The van der Waals surface area contributed by atoms with E-state index in [4.69, 9.17) is 10.7 Å². The molecule has 158 valence electrons. The van der Waals surface area contributed by atoms with Crippen molar-refractivity contribution in [2.75, 3.05) is 25.9 Å². The summed E-state index contributed by atoms with van der Waals surface area (Å²) in [6, 6.07) is 10.1. The van der Waals surface area contributed by atoms with E-state index in [0.29, 0.717) is 24.6 Å². The number of nitrogens with one attached hydrogen (secondary N) is 1. The Bertz CT molecular complexity index is 1290. The zero-order valence-corrected chi connectivity index (χ0v) is 18.6. The van der Waals surface area contributed by atoms with Crippen LogP contribution in [0.2, 0.25) is 0 Å². The van der Waals surface area contributed by atoms with Crippen LogP contribution in [-0.4, -0.2) is 50.7 Å². The molecule has 0 bridgehead atoms. The van der Waals surface area contributed by atoms with Crippen LogP contribution in [0.1, 0.15) is 24.5 Å². The fourth-order valence-corrected chi connectivity index (χ4v) is 4.80. The molecule has 2 amide bonds. The lowest BCUT2D eigenvalue weighted by Crippen LogP contribution is -2.42. The highest BCUT2D eigenvalue weighted by Gasteiger charge is 2.28. The van der Waals surface area contributed by atoms with Gasteiger partial charge in [0.2, 0.25) is 0 Å². The van der Waals surface area contributed by atoms with E-state index in [1.54, 1.807) is 17.8 Å². The molecule has 1 aliphatic heterocycles.